The van der Waals surface area contributed by atoms with Crippen LogP contribution >= 0.6 is 28.1 Å². The summed E-state index contributed by atoms with van der Waals surface area (Å²) < 4.78 is 1.05. The molecule has 2 nitrogen and oxygen atoms in total. The normalized spacial score (nSPS) is 9.69. The summed E-state index contributed by atoms with van der Waals surface area (Å²) >= 11 is 8.29. The van der Waals surface area contributed by atoms with E-state index in [9.17, 15) is 0 Å². The zero-order valence-corrected chi connectivity index (χ0v) is 9.73. The number of halogens is 1. The molecule has 0 atom stereocenters. The minimum atomic E-state index is 0.407. The lowest BCUT2D eigenvalue weighted by atomic mass is 10.3. The van der Waals surface area contributed by atoms with Crippen molar-refractivity contribution >= 4 is 38.9 Å². The van der Waals surface area contributed by atoms with Crippen LogP contribution in [0.1, 0.15) is 6.92 Å². The molecule has 0 saturated carbocycles. The van der Waals surface area contributed by atoms with Gasteiger partial charge in [0.25, 0.3) is 0 Å². The van der Waals surface area contributed by atoms with E-state index in [2.05, 4.69) is 15.9 Å². The molecule has 0 unspecified atom stereocenters. The largest absolute Gasteiger partial charge is 0.376 e. The van der Waals surface area contributed by atoms with Gasteiger partial charge in [0.15, 0.2) is 5.11 Å². The second-order valence-electron chi connectivity index (χ2n) is 2.56. The van der Waals surface area contributed by atoms with E-state index in [1.807, 2.05) is 36.1 Å². The number of nitrogens with zero attached hydrogens (tertiary/aromatic N) is 1. The second-order valence-corrected chi connectivity index (χ2v) is 3.89. The monoisotopic (exact) mass is 258 g/mol. The van der Waals surface area contributed by atoms with Crippen molar-refractivity contribution in [1.29, 1.82) is 0 Å². The molecule has 0 aliphatic carbocycles. The number of benzene rings is 1. The highest BCUT2D eigenvalue weighted by Crippen LogP contribution is 2.17. The molecule has 70 valence electrons. The van der Waals surface area contributed by atoms with Crippen LogP contribution in [0.5, 0.6) is 0 Å². The van der Waals surface area contributed by atoms with Gasteiger partial charge in [0, 0.05) is 16.7 Å². The van der Waals surface area contributed by atoms with Crippen LogP contribution in [0.25, 0.3) is 0 Å². The zero-order chi connectivity index (χ0) is 9.84. The third kappa shape index (κ3) is 2.67. The van der Waals surface area contributed by atoms with E-state index in [-0.39, 0.29) is 0 Å². The molecule has 2 N–H and O–H groups in total. The molecule has 0 fully saturated rings. The van der Waals surface area contributed by atoms with E-state index in [0.29, 0.717) is 5.11 Å². The third-order valence-electron chi connectivity index (χ3n) is 1.72. The molecule has 0 radical (unpaired) electrons. The van der Waals surface area contributed by atoms with Crippen LogP contribution in [0.15, 0.2) is 28.7 Å². The molecule has 13 heavy (non-hydrogen) atoms. The van der Waals surface area contributed by atoms with Gasteiger partial charge in [-0.25, -0.2) is 0 Å². The Morgan fingerprint density at radius 2 is 2.00 bits per heavy atom. The van der Waals surface area contributed by atoms with Crippen molar-refractivity contribution in [3.8, 4) is 0 Å². The maximum absolute atomic E-state index is 5.56. The smallest absolute Gasteiger partial charge is 0.170 e. The topological polar surface area (TPSA) is 29.3 Å². The first-order chi connectivity index (χ1) is 6.15. The zero-order valence-electron chi connectivity index (χ0n) is 7.33. The van der Waals surface area contributed by atoms with Crippen LogP contribution in [0, 0.1) is 0 Å². The van der Waals surface area contributed by atoms with Crippen molar-refractivity contribution in [2.45, 2.75) is 6.92 Å². The lowest BCUT2D eigenvalue weighted by Gasteiger charge is -2.20. The standard InChI is InChI=1S/C9H11BrN2S/c1-2-12(9(11)13)8-5-3-7(10)4-6-8/h3-6H,2H2,1H3,(H2,11,13). The molecular weight excluding hydrogens is 248 g/mol. The lowest BCUT2D eigenvalue weighted by Crippen LogP contribution is -2.35. The third-order valence-corrected chi connectivity index (χ3v) is 2.47. The average molecular weight is 259 g/mol. The molecule has 0 aromatic heterocycles. The Labute approximate surface area is 91.9 Å². The summed E-state index contributed by atoms with van der Waals surface area (Å²) in [5.74, 6) is 0. The minimum Gasteiger partial charge on any atom is -0.376 e. The summed E-state index contributed by atoms with van der Waals surface area (Å²) in [6.07, 6.45) is 0. The van der Waals surface area contributed by atoms with Crippen molar-refractivity contribution in [2.24, 2.45) is 5.73 Å². The van der Waals surface area contributed by atoms with Crippen molar-refractivity contribution in [3.63, 3.8) is 0 Å². The summed E-state index contributed by atoms with van der Waals surface area (Å²) in [4.78, 5) is 1.88. The summed E-state index contributed by atoms with van der Waals surface area (Å²) in [6, 6.07) is 7.89. The first-order valence-corrected chi connectivity index (χ1v) is 5.17. The van der Waals surface area contributed by atoms with Gasteiger partial charge in [-0.05, 0) is 43.4 Å². The highest BCUT2D eigenvalue weighted by Gasteiger charge is 2.05. The van der Waals surface area contributed by atoms with Gasteiger partial charge < -0.3 is 10.6 Å². The number of hydrogen-bond acceptors (Lipinski definition) is 1. The predicted molar refractivity (Wildman–Crippen MR) is 63.9 cm³/mol. The highest BCUT2D eigenvalue weighted by atomic mass is 79.9. The van der Waals surface area contributed by atoms with E-state index < -0.39 is 0 Å². The van der Waals surface area contributed by atoms with Crippen LogP contribution in [-0.2, 0) is 0 Å². The van der Waals surface area contributed by atoms with E-state index in [4.69, 9.17) is 18.0 Å². The molecule has 0 aliphatic heterocycles. The summed E-state index contributed by atoms with van der Waals surface area (Å²) in [5.41, 5.74) is 6.59. The fourth-order valence-corrected chi connectivity index (χ4v) is 1.59. The molecule has 0 amide bonds. The quantitative estimate of drug-likeness (QED) is 0.827. The van der Waals surface area contributed by atoms with Crippen LogP contribution in [0.4, 0.5) is 5.69 Å². The maximum Gasteiger partial charge on any atom is 0.170 e. The van der Waals surface area contributed by atoms with Crippen molar-refractivity contribution in [1.82, 2.24) is 0 Å². The SMILES string of the molecule is CCN(C(N)=S)c1ccc(Br)cc1. The van der Waals surface area contributed by atoms with Crippen LogP contribution < -0.4 is 10.6 Å². The fourth-order valence-electron chi connectivity index (χ4n) is 1.09. The Kier molecular flexibility index (Phi) is 3.69. The minimum absolute atomic E-state index is 0.407. The molecule has 1 aromatic rings. The number of nitrogens with two attached hydrogens (primary N) is 1. The Morgan fingerprint density at radius 3 is 2.38 bits per heavy atom. The first-order valence-electron chi connectivity index (χ1n) is 3.97. The van der Waals surface area contributed by atoms with Crippen molar-refractivity contribution < 1.29 is 0 Å². The van der Waals surface area contributed by atoms with Crippen LogP contribution in [0.3, 0.4) is 0 Å². The van der Waals surface area contributed by atoms with Gasteiger partial charge in [0.2, 0.25) is 0 Å². The fraction of sp³-hybridized carbons (Fsp3) is 0.222. The number of hydrogen-bond donors (Lipinski definition) is 1. The average Bonchev–Trinajstić information content (AvgIpc) is 2.09. The van der Waals surface area contributed by atoms with E-state index in [0.717, 1.165) is 16.7 Å². The van der Waals surface area contributed by atoms with Gasteiger partial charge in [-0.15, -0.1) is 0 Å². The highest BCUT2D eigenvalue weighted by molar-refractivity contribution is 9.10. The predicted octanol–water partition coefficient (Wildman–Crippen LogP) is 2.52. The van der Waals surface area contributed by atoms with Crippen LogP contribution in [0.2, 0.25) is 0 Å². The van der Waals surface area contributed by atoms with Crippen molar-refractivity contribution in [2.75, 3.05) is 11.4 Å². The lowest BCUT2D eigenvalue weighted by molar-refractivity contribution is 1.06. The molecule has 1 rings (SSSR count). The Bertz CT molecular complexity index is 297. The van der Waals surface area contributed by atoms with Gasteiger partial charge in [-0.1, -0.05) is 15.9 Å². The van der Waals surface area contributed by atoms with Gasteiger partial charge in [0.1, 0.15) is 0 Å². The Balaban J connectivity index is 2.92. The van der Waals surface area contributed by atoms with Crippen molar-refractivity contribution in [3.05, 3.63) is 28.7 Å². The number of thiocarbonyl (C=S) groups is 1. The molecule has 1 aromatic carbocycles. The van der Waals surface area contributed by atoms with Gasteiger partial charge in [0.05, 0.1) is 0 Å². The van der Waals surface area contributed by atoms with Gasteiger partial charge >= 0.3 is 0 Å². The number of rotatable bonds is 2. The number of anilines is 1. The summed E-state index contributed by atoms with van der Waals surface area (Å²) in [5, 5.41) is 0.407. The van der Waals surface area contributed by atoms with E-state index in [1.54, 1.807) is 0 Å². The maximum atomic E-state index is 5.56. The summed E-state index contributed by atoms with van der Waals surface area (Å²) in [7, 11) is 0. The first kappa shape index (κ1) is 10.5. The molecule has 0 heterocycles. The molecule has 0 aliphatic rings. The van der Waals surface area contributed by atoms with E-state index in [1.165, 1.54) is 0 Å². The van der Waals surface area contributed by atoms with Gasteiger partial charge in [-0.2, -0.15) is 0 Å². The van der Waals surface area contributed by atoms with Crippen LogP contribution in [-0.4, -0.2) is 11.7 Å². The Hall–Kier alpha value is -0.610. The molecule has 0 bridgehead atoms. The Morgan fingerprint density at radius 1 is 1.46 bits per heavy atom. The molecule has 4 heteroatoms. The molecular formula is C9H11BrN2S. The molecule has 0 spiro atoms. The summed E-state index contributed by atoms with van der Waals surface area (Å²) in [6.45, 7) is 2.80. The van der Waals surface area contributed by atoms with E-state index >= 15 is 0 Å². The second kappa shape index (κ2) is 4.58. The molecule has 0 saturated heterocycles. The van der Waals surface area contributed by atoms with Gasteiger partial charge in [-0.3, -0.25) is 0 Å².